The number of nitrogens with zero attached hydrogens (tertiary/aromatic N) is 4. The number of benzene rings is 1. The van der Waals surface area contributed by atoms with Gasteiger partial charge in [-0.3, -0.25) is 4.79 Å². The zero-order valence-electron chi connectivity index (χ0n) is 15.6. The molecule has 1 atom stereocenters. The lowest BCUT2D eigenvalue weighted by Gasteiger charge is -2.14. The summed E-state index contributed by atoms with van der Waals surface area (Å²) in [6, 6.07) is 3.21. The summed E-state index contributed by atoms with van der Waals surface area (Å²) in [5, 5.41) is 6.34. The van der Waals surface area contributed by atoms with Gasteiger partial charge >= 0.3 is 12.8 Å². The van der Waals surface area contributed by atoms with E-state index >= 15 is 0 Å². The highest BCUT2D eigenvalue weighted by Crippen LogP contribution is 2.33. The Kier molecular flexibility index (Phi) is 6.13. The highest BCUT2D eigenvalue weighted by molar-refractivity contribution is 5.95. The minimum absolute atomic E-state index is 0.00873. The van der Waals surface area contributed by atoms with Crippen LogP contribution in [0.2, 0.25) is 0 Å². The smallest absolute Gasteiger partial charge is 0.416 e. The van der Waals surface area contributed by atoms with Crippen LogP contribution < -0.4 is 10.1 Å². The number of hydrogen-bond donors (Lipinski definition) is 1. The second-order valence-electron chi connectivity index (χ2n) is 6.17. The van der Waals surface area contributed by atoms with E-state index in [2.05, 4.69) is 25.1 Å². The molecule has 0 saturated carbocycles. The zero-order valence-corrected chi connectivity index (χ0v) is 15.6. The lowest BCUT2D eigenvalue weighted by molar-refractivity contribution is -0.138. The van der Waals surface area contributed by atoms with Gasteiger partial charge in [-0.25, -0.2) is 14.4 Å². The summed E-state index contributed by atoms with van der Waals surface area (Å²) in [6.07, 6.45) is -2.42. The first kappa shape index (κ1) is 22.1. The molecule has 7 nitrogen and oxygen atoms in total. The van der Waals surface area contributed by atoms with Gasteiger partial charge in [0.15, 0.2) is 17.5 Å². The number of amides is 1. The first-order valence-corrected chi connectivity index (χ1v) is 8.55. The third-order valence-electron chi connectivity index (χ3n) is 3.92. The largest absolute Gasteiger partial charge is 0.435 e. The second kappa shape index (κ2) is 8.62. The van der Waals surface area contributed by atoms with Crippen molar-refractivity contribution in [1.82, 2.24) is 25.1 Å². The maximum absolute atomic E-state index is 13.8. The standard InChI is InChI=1S/C18H13F6N5O2/c1-9(14-26-8-29(28-14)15-13(19)3-2-4-25-15)27-16(30)10-5-11(18(22,23)24)7-12(6-10)31-17(20)21/h2-9,17H,1H3,(H,27,30). The van der Waals surface area contributed by atoms with Gasteiger partial charge in [-0.1, -0.05) is 0 Å². The quantitative estimate of drug-likeness (QED) is 0.582. The maximum Gasteiger partial charge on any atom is 0.416 e. The molecule has 3 aromatic rings. The summed E-state index contributed by atoms with van der Waals surface area (Å²) in [7, 11) is 0. The fourth-order valence-electron chi connectivity index (χ4n) is 2.53. The topological polar surface area (TPSA) is 81.9 Å². The van der Waals surface area contributed by atoms with Gasteiger partial charge in [0.05, 0.1) is 11.6 Å². The molecule has 0 aliphatic heterocycles. The van der Waals surface area contributed by atoms with Gasteiger partial charge in [0.2, 0.25) is 0 Å². The summed E-state index contributed by atoms with van der Waals surface area (Å²) >= 11 is 0. The van der Waals surface area contributed by atoms with Crippen LogP contribution >= 0.6 is 0 Å². The van der Waals surface area contributed by atoms with Crippen LogP contribution in [0.3, 0.4) is 0 Å². The molecular formula is C18H13F6N5O2. The molecule has 164 valence electrons. The number of pyridine rings is 1. The number of hydrogen-bond acceptors (Lipinski definition) is 5. The zero-order chi connectivity index (χ0) is 22.8. The molecule has 2 aromatic heterocycles. The lowest BCUT2D eigenvalue weighted by Crippen LogP contribution is -2.28. The molecule has 0 radical (unpaired) electrons. The van der Waals surface area contributed by atoms with Crippen LogP contribution in [0.4, 0.5) is 26.3 Å². The summed E-state index contributed by atoms with van der Waals surface area (Å²) in [4.78, 5) is 20.2. The van der Waals surface area contributed by atoms with Crippen LogP contribution in [0.1, 0.15) is 34.7 Å². The van der Waals surface area contributed by atoms with E-state index in [1.165, 1.54) is 19.2 Å². The number of aromatic nitrogens is 4. The third kappa shape index (κ3) is 5.29. The molecule has 0 bridgehead atoms. The van der Waals surface area contributed by atoms with E-state index in [4.69, 9.17) is 0 Å². The molecule has 0 saturated heterocycles. The van der Waals surface area contributed by atoms with E-state index < -0.39 is 47.4 Å². The van der Waals surface area contributed by atoms with Crippen molar-refractivity contribution in [3.8, 4) is 11.6 Å². The molecule has 1 unspecified atom stereocenters. The molecule has 2 heterocycles. The first-order chi connectivity index (χ1) is 14.5. The lowest BCUT2D eigenvalue weighted by atomic mass is 10.1. The van der Waals surface area contributed by atoms with Gasteiger partial charge in [-0.2, -0.15) is 26.6 Å². The van der Waals surface area contributed by atoms with E-state index in [0.29, 0.717) is 12.1 Å². The fourth-order valence-corrected chi connectivity index (χ4v) is 2.53. The van der Waals surface area contributed by atoms with Crippen molar-refractivity contribution in [1.29, 1.82) is 0 Å². The Labute approximate surface area is 170 Å². The Hall–Kier alpha value is -3.64. The number of alkyl halides is 5. The van der Waals surface area contributed by atoms with Crippen LogP contribution in [-0.2, 0) is 6.18 Å². The van der Waals surface area contributed by atoms with Gasteiger partial charge < -0.3 is 10.1 Å². The fraction of sp³-hybridized carbons (Fsp3) is 0.222. The van der Waals surface area contributed by atoms with Gasteiger partial charge in [0, 0.05) is 11.8 Å². The average Bonchev–Trinajstić information content (AvgIpc) is 3.17. The third-order valence-corrected chi connectivity index (χ3v) is 3.92. The molecule has 0 spiro atoms. The molecule has 0 fully saturated rings. The van der Waals surface area contributed by atoms with Crippen molar-refractivity contribution in [2.45, 2.75) is 25.8 Å². The number of carbonyl (C=O) groups is 1. The summed E-state index contributed by atoms with van der Waals surface area (Å²) in [6.45, 7) is -1.95. The predicted molar refractivity (Wildman–Crippen MR) is 93.1 cm³/mol. The van der Waals surface area contributed by atoms with Gasteiger partial charge in [0.1, 0.15) is 12.1 Å². The van der Waals surface area contributed by atoms with Crippen LogP contribution in [0.5, 0.6) is 5.75 Å². The van der Waals surface area contributed by atoms with Crippen molar-refractivity contribution in [3.63, 3.8) is 0 Å². The van der Waals surface area contributed by atoms with E-state index in [-0.39, 0.29) is 11.6 Å². The number of carbonyl (C=O) groups excluding carboxylic acids is 1. The molecular weight excluding hydrogens is 432 g/mol. The van der Waals surface area contributed by atoms with Gasteiger partial charge in [-0.05, 0) is 37.3 Å². The Balaban J connectivity index is 1.82. The Morgan fingerprint density at radius 2 is 1.94 bits per heavy atom. The van der Waals surface area contributed by atoms with Gasteiger partial charge in [-0.15, -0.1) is 5.10 Å². The number of ether oxygens (including phenoxy) is 1. The van der Waals surface area contributed by atoms with Crippen molar-refractivity contribution in [3.05, 3.63) is 65.6 Å². The Bertz CT molecular complexity index is 1090. The molecule has 31 heavy (non-hydrogen) atoms. The monoisotopic (exact) mass is 445 g/mol. The molecule has 0 aliphatic rings. The van der Waals surface area contributed by atoms with Crippen LogP contribution in [0, 0.1) is 5.82 Å². The first-order valence-electron chi connectivity index (χ1n) is 8.55. The number of halogens is 6. The Morgan fingerprint density at radius 3 is 2.58 bits per heavy atom. The molecule has 1 amide bonds. The normalized spacial score (nSPS) is 12.6. The molecule has 1 aromatic carbocycles. The average molecular weight is 445 g/mol. The van der Waals surface area contributed by atoms with E-state index in [0.717, 1.165) is 23.1 Å². The summed E-state index contributed by atoms with van der Waals surface area (Å²) in [5.41, 5.74) is -1.90. The number of nitrogens with one attached hydrogen (secondary N) is 1. The minimum Gasteiger partial charge on any atom is -0.435 e. The van der Waals surface area contributed by atoms with E-state index in [1.807, 2.05) is 0 Å². The molecule has 3 rings (SSSR count). The van der Waals surface area contributed by atoms with Crippen molar-refractivity contribution in [2.24, 2.45) is 0 Å². The maximum atomic E-state index is 13.8. The highest BCUT2D eigenvalue weighted by atomic mass is 19.4. The Morgan fingerprint density at radius 1 is 1.19 bits per heavy atom. The summed E-state index contributed by atoms with van der Waals surface area (Å²) in [5.74, 6) is -2.65. The van der Waals surface area contributed by atoms with Crippen molar-refractivity contribution in [2.75, 3.05) is 0 Å². The number of rotatable bonds is 6. The van der Waals surface area contributed by atoms with E-state index in [1.54, 1.807) is 0 Å². The van der Waals surface area contributed by atoms with Crippen LogP contribution in [-0.4, -0.2) is 32.3 Å². The molecule has 13 heteroatoms. The van der Waals surface area contributed by atoms with Crippen molar-refractivity contribution < 1.29 is 35.9 Å². The molecule has 0 aliphatic carbocycles. The highest BCUT2D eigenvalue weighted by Gasteiger charge is 2.32. The minimum atomic E-state index is -4.89. The van der Waals surface area contributed by atoms with Crippen molar-refractivity contribution >= 4 is 5.91 Å². The SMILES string of the molecule is CC(NC(=O)c1cc(OC(F)F)cc(C(F)(F)F)c1)c1ncn(-c2ncccc2F)n1. The van der Waals surface area contributed by atoms with Crippen LogP contribution in [0.15, 0.2) is 42.9 Å². The molecule has 1 N–H and O–H groups in total. The van der Waals surface area contributed by atoms with E-state index in [9.17, 15) is 31.1 Å². The predicted octanol–water partition coefficient (Wildman–Crippen LogP) is 3.91. The summed E-state index contributed by atoms with van der Waals surface area (Å²) < 4.78 is 82.8. The van der Waals surface area contributed by atoms with Crippen LogP contribution in [0.25, 0.3) is 5.82 Å². The second-order valence-corrected chi connectivity index (χ2v) is 6.17. The van der Waals surface area contributed by atoms with Gasteiger partial charge in [0.25, 0.3) is 5.91 Å².